The molecule has 3 heterocycles. The maximum atomic E-state index is 12.7. The lowest BCUT2D eigenvalue weighted by molar-refractivity contribution is -0.274. The Bertz CT molecular complexity index is 1470. The summed E-state index contributed by atoms with van der Waals surface area (Å²) in [6.07, 6.45) is 2.90. The minimum absolute atomic E-state index is 0.207. The van der Waals surface area contributed by atoms with E-state index in [0.717, 1.165) is 86.4 Å². The molecular weight excluding hydrogens is 547 g/mol. The Morgan fingerprint density at radius 1 is 0.902 bits per heavy atom. The van der Waals surface area contributed by atoms with Crippen molar-refractivity contribution in [3.63, 3.8) is 0 Å². The topological polar surface area (TPSA) is 29.4 Å². The highest BCUT2D eigenvalue weighted by Crippen LogP contribution is 2.37. The van der Waals surface area contributed by atoms with E-state index < -0.39 is 6.36 Å². The molecule has 2 fully saturated rings. The molecule has 1 N–H and O–H groups in total. The van der Waals surface area contributed by atoms with Crippen molar-refractivity contribution in [2.45, 2.75) is 51.1 Å². The van der Waals surface area contributed by atoms with E-state index in [1.54, 1.807) is 12.1 Å². The second-order valence-electron chi connectivity index (χ2n) is 11.4. The van der Waals surface area contributed by atoms with Gasteiger partial charge in [0.1, 0.15) is 5.75 Å². The molecule has 0 radical (unpaired) electrons. The highest BCUT2D eigenvalue weighted by atomic mass is 35.5. The van der Waals surface area contributed by atoms with E-state index in [2.05, 4.69) is 56.0 Å². The summed E-state index contributed by atoms with van der Waals surface area (Å²) in [7, 11) is 0. The Labute approximate surface area is 244 Å². The first-order valence-corrected chi connectivity index (χ1v) is 14.9. The third kappa shape index (κ3) is 6.74. The van der Waals surface area contributed by atoms with Crippen LogP contribution in [0.2, 0.25) is 5.02 Å². The fraction of sp³-hybridized carbons (Fsp3) is 0.394. The van der Waals surface area contributed by atoms with Crippen molar-refractivity contribution in [1.82, 2.24) is 14.8 Å². The van der Waals surface area contributed by atoms with Gasteiger partial charge >= 0.3 is 6.36 Å². The standard InChI is InChI=1S/C33H35ClF3N3O/c34-31-4-2-1-3-26(31)19-23-13-17-39(18-14-23)21-24-5-10-32-29(20-24)30(22-40(32)27-11-15-38-16-12-27)25-6-8-28(9-7-25)41-33(35,36)37/h1-10,20,22-23,27,38H,11-19,21H2. The maximum absolute atomic E-state index is 12.7. The zero-order valence-electron chi connectivity index (χ0n) is 23.0. The summed E-state index contributed by atoms with van der Waals surface area (Å²) >= 11 is 6.40. The second kappa shape index (κ2) is 12.1. The minimum atomic E-state index is -4.70. The molecule has 8 heteroatoms. The molecule has 0 spiro atoms. The van der Waals surface area contributed by atoms with Gasteiger partial charge in [0, 0.05) is 40.3 Å². The summed E-state index contributed by atoms with van der Waals surface area (Å²) in [4.78, 5) is 2.52. The molecule has 0 atom stereocenters. The van der Waals surface area contributed by atoms with E-state index in [1.807, 2.05) is 12.1 Å². The first-order chi connectivity index (χ1) is 19.8. The lowest BCUT2D eigenvalue weighted by Crippen LogP contribution is -2.33. The van der Waals surface area contributed by atoms with Crippen molar-refractivity contribution in [3.05, 3.63) is 89.1 Å². The Balaban J connectivity index is 1.22. The van der Waals surface area contributed by atoms with Gasteiger partial charge in [-0.05, 0) is 111 Å². The molecule has 0 unspecified atom stereocenters. The predicted octanol–water partition coefficient (Wildman–Crippen LogP) is 8.24. The number of halogens is 4. The van der Waals surface area contributed by atoms with Gasteiger partial charge in [-0.1, -0.05) is 48.0 Å². The van der Waals surface area contributed by atoms with E-state index in [-0.39, 0.29) is 5.75 Å². The van der Waals surface area contributed by atoms with Crippen molar-refractivity contribution in [1.29, 1.82) is 0 Å². The minimum Gasteiger partial charge on any atom is -0.406 e. The van der Waals surface area contributed by atoms with Crippen LogP contribution in [0.4, 0.5) is 13.2 Å². The van der Waals surface area contributed by atoms with Crippen LogP contribution in [0.3, 0.4) is 0 Å². The first kappa shape index (κ1) is 28.1. The molecule has 4 aromatic rings. The lowest BCUT2D eigenvalue weighted by Gasteiger charge is -2.32. The number of alkyl halides is 3. The van der Waals surface area contributed by atoms with E-state index >= 15 is 0 Å². The van der Waals surface area contributed by atoms with Crippen molar-refractivity contribution < 1.29 is 17.9 Å². The van der Waals surface area contributed by atoms with Crippen LogP contribution < -0.4 is 10.1 Å². The van der Waals surface area contributed by atoms with Crippen molar-refractivity contribution in [2.24, 2.45) is 5.92 Å². The molecule has 3 aromatic carbocycles. The molecule has 2 aliphatic heterocycles. The number of benzene rings is 3. The Kier molecular flexibility index (Phi) is 8.29. The molecule has 0 aliphatic carbocycles. The number of nitrogens with one attached hydrogen (secondary N) is 1. The molecule has 1 aromatic heterocycles. The number of rotatable bonds is 7. The molecule has 216 valence electrons. The van der Waals surface area contributed by atoms with Gasteiger partial charge in [0.2, 0.25) is 0 Å². The quantitative estimate of drug-likeness (QED) is 0.238. The number of nitrogens with zero attached hydrogens (tertiary/aromatic N) is 2. The smallest absolute Gasteiger partial charge is 0.406 e. The molecule has 4 nitrogen and oxygen atoms in total. The van der Waals surface area contributed by atoms with Crippen LogP contribution in [-0.2, 0) is 13.0 Å². The third-order valence-electron chi connectivity index (χ3n) is 8.58. The van der Waals surface area contributed by atoms with Gasteiger partial charge in [0.15, 0.2) is 0 Å². The molecule has 0 amide bonds. The second-order valence-corrected chi connectivity index (χ2v) is 11.8. The molecule has 41 heavy (non-hydrogen) atoms. The molecule has 0 bridgehead atoms. The number of piperidine rings is 2. The SMILES string of the molecule is FC(F)(F)Oc1ccc(-c2cn(C3CCNCC3)c3ccc(CN4CCC(Cc5ccccc5Cl)CC4)cc23)cc1. The molecule has 2 saturated heterocycles. The fourth-order valence-corrected chi connectivity index (χ4v) is 6.65. The average molecular weight is 582 g/mol. The Hall–Kier alpha value is -3.00. The molecule has 0 saturated carbocycles. The molecule has 2 aliphatic rings. The van der Waals surface area contributed by atoms with Gasteiger partial charge in [-0.25, -0.2) is 0 Å². The number of likely N-dealkylation sites (tertiary alicyclic amines) is 1. The number of fused-ring (bicyclic) bond motifs is 1. The van der Waals surface area contributed by atoms with E-state index in [4.69, 9.17) is 11.6 Å². The van der Waals surface area contributed by atoms with Gasteiger partial charge in [-0.2, -0.15) is 0 Å². The van der Waals surface area contributed by atoms with Crippen LogP contribution in [0, 0.1) is 5.92 Å². The zero-order valence-corrected chi connectivity index (χ0v) is 23.7. The maximum Gasteiger partial charge on any atom is 0.573 e. The largest absolute Gasteiger partial charge is 0.573 e. The first-order valence-electron chi connectivity index (χ1n) is 14.5. The number of hydrogen-bond acceptors (Lipinski definition) is 3. The highest BCUT2D eigenvalue weighted by molar-refractivity contribution is 6.31. The van der Waals surface area contributed by atoms with Crippen LogP contribution in [0.5, 0.6) is 5.75 Å². The number of ether oxygens (including phenoxy) is 1. The molecule has 6 rings (SSSR count). The summed E-state index contributed by atoms with van der Waals surface area (Å²) in [5, 5.41) is 5.44. The highest BCUT2D eigenvalue weighted by Gasteiger charge is 2.31. The van der Waals surface area contributed by atoms with Crippen LogP contribution >= 0.6 is 11.6 Å². The van der Waals surface area contributed by atoms with E-state index in [9.17, 15) is 13.2 Å². The summed E-state index contributed by atoms with van der Waals surface area (Å²) in [5.41, 5.74) is 5.59. The van der Waals surface area contributed by atoms with Crippen LogP contribution in [0.1, 0.15) is 42.9 Å². The lowest BCUT2D eigenvalue weighted by atomic mass is 9.90. The van der Waals surface area contributed by atoms with Gasteiger partial charge in [-0.15, -0.1) is 13.2 Å². The summed E-state index contributed by atoms with van der Waals surface area (Å²) in [6, 6.07) is 21.5. The summed E-state index contributed by atoms with van der Waals surface area (Å²) in [5.74, 6) is 0.436. The molecular formula is C33H35ClF3N3O. The van der Waals surface area contributed by atoms with Crippen molar-refractivity contribution >= 4 is 22.5 Å². The normalized spacial score (nSPS) is 17.8. The van der Waals surface area contributed by atoms with Crippen LogP contribution in [0.25, 0.3) is 22.0 Å². The third-order valence-corrected chi connectivity index (χ3v) is 8.95. The van der Waals surface area contributed by atoms with Gasteiger partial charge in [-0.3, -0.25) is 4.90 Å². The van der Waals surface area contributed by atoms with Gasteiger partial charge < -0.3 is 14.6 Å². The Morgan fingerprint density at radius 3 is 2.34 bits per heavy atom. The monoisotopic (exact) mass is 581 g/mol. The van der Waals surface area contributed by atoms with E-state index in [1.165, 1.54) is 28.8 Å². The zero-order chi connectivity index (χ0) is 28.4. The predicted molar refractivity (Wildman–Crippen MR) is 158 cm³/mol. The van der Waals surface area contributed by atoms with Gasteiger partial charge in [0.25, 0.3) is 0 Å². The van der Waals surface area contributed by atoms with Crippen LogP contribution in [0.15, 0.2) is 72.9 Å². The van der Waals surface area contributed by atoms with Gasteiger partial charge in [0.05, 0.1) is 0 Å². The average Bonchev–Trinajstić information content (AvgIpc) is 3.34. The number of aromatic nitrogens is 1. The fourth-order valence-electron chi connectivity index (χ4n) is 6.44. The van der Waals surface area contributed by atoms with Crippen molar-refractivity contribution in [3.8, 4) is 16.9 Å². The summed E-state index contributed by atoms with van der Waals surface area (Å²) in [6.45, 7) is 4.94. The Morgan fingerprint density at radius 2 is 1.63 bits per heavy atom. The van der Waals surface area contributed by atoms with Crippen LogP contribution in [-0.4, -0.2) is 42.0 Å². The number of hydrogen-bond donors (Lipinski definition) is 1. The summed E-state index contributed by atoms with van der Waals surface area (Å²) < 4.78 is 44.6. The van der Waals surface area contributed by atoms with Crippen molar-refractivity contribution in [2.75, 3.05) is 26.2 Å². The van der Waals surface area contributed by atoms with E-state index in [0.29, 0.717) is 12.0 Å².